The number of hydrogen-bond acceptors (Lipinski definition) is 4. The summed E-state index contributed by atoms with van der Waals surface area (Å²) in [4.78, 5) is 27.2. The van der Waals surface area contributed by atoms with Gasteiger partial charge in [-0.3, -0.25) is 9.59 Å². The van der Waals surface area contributed by atoms with E-state index in [9.17, 15) is 9.59 Å². The Kier molecular flexibility index (Phi) is 4.73. The number of amides is 1. The molecule has 0 saturated carbocycles. The summed E-state index contributed by atoms with van der Waals surface area (Å²) < 4.78 is 10.8. The SMILES string of the molecule is CO[C@@H]1CCOC[C@H]1NC(=O)Cc1cc2ccccc2[nH]c1=O. The minimum Gasteiger partial charge on any atom is -0.379 e. The fraction of sp³-hybridized carbons (Fsp3) is 0.412. The highest BCUT2D eigenvalue weighted by atomic mass is 16.5. The molecule has 1 aromatic carbocycles. The summed E-state index contributed by atoms with van der Waals surface area (Å²) in [6.45, 7) is 1.06. The lowest BCUT2D eigenvalue weighted by atomic mass is 10.1. The number of pyridine rings is 1. The van der Waals surface area contributed by atoms with Crippen molar-refractivity contribution < 1.29 is 14.3 Å². The minimum atomic E-state index is -0.234. The van der Waals surface area contributed by atoms with Gasteiger partial charge in [0, 0.05) is 24.8 Å². The number of carbonyl (C=O) groups excluding carboxylic acids is 1. The second-order valence-corrected chi connectivity index (χ2v) is 5.70. The smallest absolute Gasteiger partial charge is 0.252 e. The van der Waals surface area contributed by atoms with Gasteiger partial charge in [0.15, 0.2) is 0 Å². The van der Waals surface area contributed by atoms with Gasteiger partial charge < -0.3 is 19.8 Å². The number of para-hydroxylation sites is 1. The molecule has 122 valence electrons. The van der Waals surface area contributed by atoms with Crippen LogP contribution in [0, 0.1) is 0 Å². The van der Waals surface area contributed by atoms with Gasteiger partial charge >= 0.3 is 0 Å². The van der Waals surface area contributed by atoms with Crippen LogP contribution in [0.15, 0.2) is 35.1 Å². The van der Waals surface area contributed by atoms with Gasteiger partial charge in [-0.1, -0.05) is 18.2 Å². The first-order chi connectivity index (χ1) is 11.2. The molecule has 0 radical (unpaired) electrons. The Morgan fingerprint density at radius 1 is 1.43 bits per heavy atom. The highest BCUT2D eigenvalue weighted by Gasteiger charge is 2.27. The number of aromatic nitrogens is 1. The molecule has 1 aliphatic rings. The number of nitrogens with one attached hydrogen (secondary N) is 2. The van der Waals surface area contributed by atoms with Crippen LogP contribution in [0.1, 0.15) is 12.0 Å². The molecule has 1 saturated heterocycles. The predicted octanol–water partition coefficient (Wildman–Crippen LogP) is 0.991. The molecule has 2 atom stereocenters. The van der Waals surface area contributed by atoms with E-state index in [1.165, 1.54) is 0 Å². The van der Waals surface area contributed by atoms with Crippen LogP contribution in [0.25, 0.3) is 10.9 Å². The first-order valence-corrected chi connectivity index (χ1v) is 7.68. The topological polar surface area (TPSA) is 80.4 Å². The van der Waals surface area contributed by atoms with E-state index < -0.39 is 0 Å². The van der Waals surface area contributed by atoms with Gasteiger partial charge in [-0.2, -0.15) is 0 Å². The van der Waals surface area contributed by atoms with Gasteiger partial charge in [0.1, 0.15) is 0 Å². The predicted molar refractivity (Wildman–Crippen MR) is 86.4 cm³/mol. The van der Waals surface area contributed by atoms with Crippen LogP contribution in [0.2, 0.25) is 0 Å². The molecule has 6 heteroatoms. The normalized spacial score (nSPS) is 21.3. The number of carbonyl (C=O) groups is 1. The van der Waals surface area contributed by atoms with Crippen LogP contribution in [-0.4, -0.2) is 43.4 Å². The van der Waals surface area contributed by atoms with Crippen LogP contribution in [-0.2, 0) is 20.7 Å². The maximum Gasteiger partial charge on any atom is 0.252 e. The van der Waals surface area contributed by atoms with Crippen molar-refractivity contribution in [3.05, 3.63) is 46.2 Å². The first kappa shape index (κ1) is 15.7. The standard InChI is InChI=1S/C17H20N2O4/c1-22-15-6-7-23-10-14(15)18-16(20)9-12-8-11-4-2-3-5-13(11)19-17(12)21/h2-5,8,14-15H,6-7,9-10H2,1H3,(H,18,20)(H,19,21)/t14-,15-/m1/s1. The molecular weight excluding hydrogens is 296 g/mol. The third kappa shape index (κ3) is 3.60. The lowest BCUT2D eigenvalue weighted by molar-refractivity contribution is -0.124. The van der Waals surface area contributed by atoms with Crippen LogP contribution in [0.5, 0.6) is 0 Å². The van der Waals surface area contributed by atoms with Crippen molar-refractivity contribution in [2.24, 2.45) is 0 Å². The van der Waals surface area contributed by atoms with Crippen molar-refractivity contribution in [3.63, 3.8) is 0 Å². The second kappa shape index (κ2) is 6.93. The lowest BCUT2D eigenvalue weighted by Crippen LogP contribution is -2.50. The number of fused-ring (bicyclic) bond motifs is 1. The second-order valence-electron chi connectivity index (χ2n) is 5.70. The van der Waals surface area contributed by atoms with Crippen LogP contribution >= 0.6 is 0 Å². The average molecular weight is 316 g/mol. The maximum absolute atomic E-state index is 12.3. The fourth-order valence-electron chi connectivity index (χ4n) is 2.89. The van der Waals surface area contributed by atoms with Gasteiger partial charge in [-0.05, 0) is 23.9 Å². The third-order valence-corrected chi connectivity index (χ3v) is 4.12. The molecule has 23 heavy (non-hydrogen) atoms. The Bertz CT molecular complexity index is 756. The van der Waals surface area contributed by atoms with E-state index >= 15 is 0 Å². The zero-order valence-electron chi connectivity index (χ0n) is 13.0. The number of benzene rings is 1. The van der Waals surface area contributed by atoms with E-state index in [1.54, 1.807) is 13.2 Å². The quantitative estimate of drug-likeness (QED) is 0.881. The molecule has 0 unspecified atom stereocenters. The highest BCUT2D eigenvalue weighted by Crippen LogP contribution is 2.12. The Hall–Kier alpha value is -2.18. The van der Waals surface area contributed by atoms with Crippen molar-refractivity contribution in [2.45, 2.75) is 25.0 Å². The summed E-state index contributed by atoms with van der Waals surface area (Å²) in [6.07, 6.45) is 0.730. The molecule has 2 heterocycles. The molecule has 0 spiro atoms. The molecule has 2 aromatic rings. The third-order valence-electron chi connectivity index (χ3n) is 4.12. The van der Waals surface area contributed by atoms with Crippen LogP contribution in [0.4, 0.5) is 0 Å². The molecule has 2 N–H and O–H groups in total. The van der Waals surface area contributed by atoms with E-state index in [2.05, 4.69) is 10.3 Å². The molecule has 0 aliphatic carbocycles. The summed E-state index contributed by atoms with van der Waals surface area (Å²) in [6, 6.07) is 9.08. The van der Waals surface area contributed by atoms with Gasteiger partial charge in [-0.15, -0.1) is 0 Å². The van der Waals surface area contributed by atoms with E-state index in [4.69, 9.17) is 9.47 Å². The van der Waals surface area contributed by atoms with Gasteiger partial charge in [0.2, 0.25) is 5.91 Å². The van der Waals surface area contributed by atoms with E-state index in [0.29, 0.717) is 18.8 Å². The molecule has 1 amide bonds. The van der Waals surface area contributed by atoms with Crippen molar-refractivity contribution >= 4 is 16.8 Å². The largest absolute Gasteiger partial charge is 0.379 e. The maximum atomic E-state index is 12.3. The van der Waals surface area contributed by atoms with Crippen molar-refractivity contribution in [1.29, 1.82) is 0 Å². The monoisotopic (exact) mass is 316 g/mol. The molecule has 0 bridgehead atoms. The van der Waals surface area contributed by atoms with Gasteiger partial charge in [-0.25, -0.2) is 0 Å². The molecule has 1 aromatic heterocycles. The number of rotatable bonds is 4. The first-order valence-electron chi connectivity index (χ1n) is 7.68. The van der Waals surface area contributed by atoms with E-state index in [0.717, 1.165) is 17.3 Å². The molecule has 1 aliphatic heterocycles. The van der Waals surface area contributed by atoms with Crippen LogP contribution in [0.3, 0.4) is 0 Å². The molecular formula is C17H20N2O4. The van der Waals surface area contributed by atoms with Crippen molar-refractivity contribution in [2.75, 3.05) is 20.3 Å². The molecule has 3 rings (SSSR count). The highest BCUT2D eigenvalue weighted by molar-refractivity contribution is 5.82. The molecule has 1 fully saturated rings. The number of hydrogen-bond donors (Lipinski definition) is 2. The van der Waals surface area contributed by atoms with Crippen molar-refractivity contribution in [1.82, 2.24) is 10.3 Å². The molecule has 6 nitrogen and oxygen atoms in total. The van der Waals surface area contributed by atoms with E-state index in [-0.39, 0.29) is 30.0 Å². The number of H-pyrrole nitrogens is 1. The fourth-order valence-corrected chi connectivity index (χ4v) is 2.89. The van der Waals surface area contributed by atoms with E-state index in [1.807, 2.05) is 24.3 Å². The Morgan fingerprint density at radius 2 is 2.26 bits per heavy atom. The number of ether oxygens (including phenoxy) is 2. The summed E-state index contributed by atoms with van der Waals surface area (Å²) >= 11 is 0. The Labute approximate surface area is 133 Å². The average Bonchev–Trinajstić information content (AvgIpc) is 2.56. The van der Waals surface area contributed by atoms with Gasteiger partial charge in [0.05, 0.1) is 25.2 Å². The van der Waals surface area contributed by atoms with Crippen molar-refractivity contribution in [3.8, 4) is 0 Å². The van der Waals surface area contributed by atoms with Gasteiger partial charge in [0.25, 0.3) is 5.56 Å². The summed E-state index contributed by atoms with van der Waals surface area (Å²) in [5, 5.41) is 3.81. The Morgan fingerprint density at radius 3 is 3.09 bits per heavy atom. The van der Waals surface area contributed by atoms with Crippen LogP contribution < -0.4 is 10.9 Å². The summed E-state index contributed by atoms with van der Waals surface area (Å²) in [5.74, 6) is -0.205. The summed E-state index contributed by atoms with van der Waals surface area (Å²) in [7, 11) is 1.63. The number of aromatic amines is 1. The minimum absolute atomic E-state index is 0.0348. The Balaban J connectivity index is 1.72. The summed E-state index contributed by atoms with van der Waals surface area (Å²) in [5.41, 5.74) is 0.982. The zero-order chi connectivity index (χ0) is 16.2. The lowest BCUT2D eigenvalue weighted by Gasteiger charge is -2.31. The zero-order valence-corrected chi connectivity index (χ0v) is 13.0. The number of methoxy groups -OCH3 is 1.